The van der Waals surface area contributed by atoms with E-state index in [4.69, 9.17) is 0 Å². The zero-order valence-electron chi connectivity index (χ0n) is 8.97. The van der Waals surface area contributed by atoms with Gasteiger partial charge in [0, 0.05) is 23.6 Å². The fraction of sp³-hybridized carbons (Fsp3) is 0.0769. The predicted octanol–water partition coefficient (Wildman–Crippen LogP) is 2.64. The molecule has 0 saturated carbocycles. The predicted molar refractivity (Wildman–Crippen MR) is 63.4 cm³/mol. The summed E-state index contributed by atoms with van der Waals surface area (Å²) >= 11 is 0. The van der Waals surface area contributed by atoms with E-state index in [1.807, 2.05) is 37.3 Å². The molecule has 0 bridgehead atoms. The number of para-hydroxylation sites is 1. The number of carbonyl (C=O) groups excluding carboxylic acids is 1. The molecule has 0 spiro atoms. The number of hydrogen-bond acceptors (Lipinski definition) is 2. The van der Waals surface area contributed by atoms with Crippen molar-refractivity contribution in [3.05, 3.63) is 59.9 Å². The fourth-order valence-corrected chi connectivity index (χ4v) is 1.45. The van der Waals surface area contributed by atoms with Crippen molar-refractivity contribution in [2.24, 2.45) is 0 Å². The van der Waals surface area contributed by atoms with Gasteiger partial charge in [-0.3, -0.25) is 9.78 Å². The number of nitrogens with zero attached hydrogens (tertiary/aromatic N) is 1. The summed E-state index contributed by atoms with van der Waals surface area (Å²) in [7, 11) is 0. The van der Waals surface area contributed by atoms with E-state index in [2.05, 4.69) is 10.3 Å². The van der Waals surface area contributed by atoms with Crippen LogP contribution in [0.25, 0.3) is 0 Å². The van der Waals surface area contributed by atoms with Gasteiger partial charge in [0.2, 0.25) is 0 Å². The van der Waals surface area contributed by atoms with Crippen molar-refractivity contribution < 1.29 is 4.79 Å². The molecule has 0 radical (unpaired) electrons. The lowest BCUT2D eigenvalue weighted by Crippen LogP contribution is -2.13. The summed E-state index contributed by atoms with van der Waals surface area (Å²) < 4.78 is 0. The van der Waals surface area contributed by atoms with Crippen molar-refractivity contribution in [2.45, 2.75) is 6.92 Å². The van der Waals surface area contributed by atoms with Crippen LogP contribution in [0.3, 0.4) is 0 Å². The number of amides is 1. The first-order valence-corrected chi connectivity index (χ1v) is 5.04. The first-order valence-electron chi connectivity index (χ1n) is 5.04. The first kappa shape index (κ1) is 10.4. The standard InChI is InChI=1S/C13H12N2O/c1-10-9-14-8-7-12(10)13(16)15-11-5-3-2-4-6-11/h2-9H,1H3,(H,15,16). The Morgan fingerprint density at radius 3 is 2.62 bits per heavy atom. The van der Waals surface area contributed by atoms with E-state index in [0.717, 1.165) is 11.3 Å². The van der Waals surface area contributed by atoms with E-state index in [-0.39, 0.29) is 5.91 Å². The second-order valence-electron chi connectivity index (χ2n) is 3.51. The molecular weight excluding hydrogens is 200 g/mol. The van der Waals surface area contributed by atoms with Crippen LogP contribution in [-0.4, -0.2) is 10.9 Å². The fourth-order valence-electron chi connectivity index (χ4n) is 1.45. The van der Waals surface area contributed by atoms with E-state index in [0.29, 0.717) is 5.56 Å². The van der Waals surface area contributed by atoms with Gasteiger partial charge in [0.15, 0.2) is 0 Å². The summed E-state index contributed by atoms with van der Waals surface area (Å²) in [5.41, 5.74) is 2.32. The van der Waals surface area contributed by atoms with Crippen LogP contribution in [0.1, 0.15) is 15.9 Å². The topological polar surface area (TPSA) is 42.0 Å². The van der Waals surface area contributed by atoms with Gasteiger partial charge >= 0.3 is 0 Å². The maximum absolute atomic E-state index is 11.9. The van der Waals surface area contributed by atoms with E-state index in [1.54, 1.807) is 18.5 Å². The number of carbonyl (C=O) groups is 1. The number of pyridine rings is 1. The first-order chi connectivity index (χ1) is 7.77. The molecule has 1 heterocycles. The highest BCUT2D eigenvalue weighted by Crippen LogP contribution is 2.10. The Kier molecular flexibility index (Phi) is 2.96. The SMILES string of the molecule is Cc1cnccc1C(=O)Nc1ccccc1. The summed E-state index contributed by atoms with van der Waals surface area (Å²) in [5.74, 6) is -0.105. The Labute approximate surface area is 94.1 Å². The average Bonchev–Trinajstić information content (AvgIpc) is 2.31. The molecule has 0 unspecified atom stereocenters. The molecule has 2 rings (SSSR count). The number of hydrogen-bond donors (Lipinski definition) is 1. The van der Waals surface area contributed by atoms with Crippen LogP contribution in [0.4, 0.5) is 5.69 Å². The van der Waals surface area contributed by atoms with Crippen molar-refractivity contribution in [3.63, 3.8) is 0 Å². The van der Waals surface area contributed by atoms with Gasteiger partial charge in [-0.15, -0.1) is 0 Å². The van der Waals surface area contributed by atoms with Crippen molar-refractivity contribution >= 4 is 11.6 Å². The van der Waals surface area contributed by atoms with Gasteiger partial charge in [0.05, 0.1) is 0 Å². The van der Waals surface area contributed by atoms with Gasteiger partial charge in [0.1, 0.15) is 0 Å². The third-order valence-corrected chi connectivity index (χ3v) is 2.30. The molecule has 3 nitrogen and oxygen atoms in total. The van der Waals surface area contributed by atoms with Gasteiger partial charge in [-0.1, -0.05) is 18.2 Å². The molecule has 1 aromatic carbocycles. The van der Waals surface area contributed by atoms with Crippen LogP contribution >= 0.6 is 0 Å². The zero-order chi connectivity index (χ0) is 11.4. The molecule has 1 N–H and O–H groups in total. The van der Waals surface area contributed by atoms with Crippen molar-refractivity contribution in [1.29, 1.82) is 0 Å². The van der Waals surface area contributed by atoms with Gasteiger partial charge in [-0.25, -0.2) is 0 Å². The van der Waals surface area contributed by atoms with Crippen LogP contribution in [0.2, 0.25) is 0 Å². The van der Waals surface area contributed by atoms with Crippen molar-refractivity contribution in [1.82, 2.24) is 4.98 Å². The maximum Gasteiger partial charge on any atom is 0.256 e. The Morgan fingerprint density at radius 2 is 1.94 bits per heavy atom. The normalized spacial score (nSPS) is 9.81. The van der Waals surface area contributed by atoms with Gasteiger partial charge < -0.3 is 5.32 Å². The smallest absolute Gasteiger partial charge is 0.256 e. The summed E-state index contributed by atoms with van der Waals surface area (Å²) in [5, 5.41) is 2.83. The minimum absolute atomic E-state index is 0.105. The van der Waals surface area contributed by atoms with Crippen molar-refractivity contribution in [3.8, 4) is 0 Å². The highest BCUT2D eigenvalue weighted by molar-refractivity contribution is 6.05. The van der Waals surface area contributed by atoms with Crippen LogP contribution in [-0.2, 0) is 0 Å². The highest BCUT2D eigenvalue weighted by Gasteiger charge is 2.07. The van der Waals surface area contributed by atoms with Crippen LogP contribution < -0.4 is 5.32 Å². The number of aromatic nitrogens is 1. The summed E-state index contributed by atoms with van der Waals surface area (Å²) in [6, 6.07) is 11.1. The number of aryl methyl sites for hydroxylation is 1. The van der Waals surface area contributed by atoms with Gasteiger partial charge in [0.25, 0.3) is 5.91 Å². The molecule has 1 amide bonds. The van der Waals surface area contributed by atoms with Crippen LogP contribution in [0.15, 0.2) is 48.8 Å². The Balaban J connectivity index is 2.19. The summed E-state index contributed by atoms with van der Waals surface area (Å²) in [6.07, 6.45) is 3.30. The molecule has 3 heteroatoms. The van der Waals surface area contributed by atoms with Crippen molar-refractivity contribution in [2.75, 3.05) is 5.32 Å². The molecule has 0 aliphatic heterocycles. The average molecular weight is 212 g/mol. The monoisotopic (exact) mass is 212 g/mol. The maximum atomic E-state index is 11.9. The lowest BCUT2D eigenvalue weighted by atomic mass is 10.1. The molecule has 0 aliphatic rings. The minimum atomic E-state index is -0.105. The molecule has 0 saturated heterocycles. The molecule has 0 atom stereocenters. The van der Waals surface area contributed by atoms with Gasteiger partial charge in [-0.05, 0) is 30.7 Å². The minimum Gasteiger partial charge on any atom is -0.322 e. The Hall–Kier alpha value is -2.16. The zero-order valence-corrected chi connectivity index (χ0v) is 8.97. The largest absolute Gasteiger partial charge is 0.322 e. The molecular formula is C13H12N2O. The van der Waals surface area contributed by atoms with E-state index >= 15 is 0 Å². The second kappa shape index (κ2) is 4.57. The molecule has 0 fully saturated rings. The lowest BCUT2D eigenvalue weighted by Gasteiger charge is -2.06. The molecule has 2 aromatic rings. The molecule has 0 aliphatic carbocycles. The lowest BCUT2D eigenvalue weighted by molar-refractivity contribution is 0.102. The van der Waals surface area contributed by atoms with E-state index in [9.17, 15) is 4.79 Å². The van der Waals surface area contributed by atoms with Crippen LogP contribution in [0.5, 0.6) is 0 Å². The highest BCUT2D eigenvalue weighted by atomic mass is 16.1. The molecule has 1 aromatic heterocycles. The Bertz CT molecular complexity index is 494. The van der Waals surface area contributed by atoms with E-state index < -0.39 is 0 Å². The Morgan fingerprint density at radius 1 is 1.19 bits per heavy atom. The number of benzene rings is 1. The third-order valence-electron chi connectivity index (χ3n) is 2.30. The van der Waals surface area contributed by atoms with Gasteiger partial charge in [-0.2, -0.15) is 0 Å². The molecule has 16 heavy (non-hydrogen) atoms. The summed E-state index contributed by atoms with van der Waals surface area (Å²) in [6.45, 7) is 1.87. The third kappa shape index (κ3) is 2.25. The van der Waals surface area contributed by atoms with Crippen LogP contribution in [0, 0.1) is 6.92 Å². The quantitative estimate of drug-likeness (QED) is 0.831. The van der Waals surface area contributed by atoms with E-state index in [1.165, 1.54) is 0 Å². The number of nitrogens with one attached hydrogen (secondary N) is 1. The number of anilines is 1. The molecule has 80 valence electrons. The summed E-state index contributed by atoms with van der Waals surface area (Å²) in [4.78, 5) is 15.9. The second-order valence-corrected chi connectivity index (χ2v) is 3.51. The number of rotatable bonds is 2.